The zero-order valence-electron chi connectivity index (χ0n) is 10.8. The minimum Gasteiger partial charge on any atom is -0.466 e. The van der Waals surface area contributed by atoms with E-state index in [9.17, 15) is 5.11 Å². The van der Waals surface area contributed by atoms with Crippen molar-refractivity contribution >= 4 is 0 Å². The van der Waals surface area contributed by atoms with Gasteiger partial charge in [0, 0.05) is 12.6 Å². The van der Waals surface area contributed by atoms with Crippen LogP contribution < -0.4 is 5.32 Å². The molecule has 0 bridgehead atoms. The number of nitrogens with one attached hydrogen (secondary N) is 1. The average molecular weight is 237 g/mol. The lowest BCUT2D eigenvalue weighted by Crippen LogP contribution is -2.39. The second-order valence-corrected chi connectivity index (χ2v) is 5.42. The van der Waals surface area contributed by atoms with E-state index in [1.54, 1.807) is 13.2 Å². The molecule has 1 aliphatic rings. The van der Waals surface area contributed by atoms with Gasteiger partial charge in [0.25, 0.3) is 0 Å². The van der Waals surface area contributed by atoms with Gasteiger partial charge in [0.05, 0.1) is 6.26 Å². The van der Waals surface area contributed by atoms with Gasteiger partial charge in [-0.05, 0) is 44.2 Å². The third kappa shape index (κ3) is 3.11. The highest BCUT2D eigenvalue weighted by molar-refractivity contribution is 5.08. The van der Waals surface area contributed by atoms with E-state index in [0.717, 1.165) is 5.92 Å². The van der Waals surface area contributed by atoms with Gasteiger partial charge in [-0.2, -0.15) is 0 Å². The Labute approximate surface area is 103 Å². The first-order chi connectivity index (χ1) is 8.12. The summed E-state index contributed by atoms with van der Waals surface area (Å²) in [6.07, 6.45) is 6.66. The Bertz CT molecular complexity index is 332. The molecule has 96 valence electrons. The summed E-state index contributed by atoms with van der Waals surface area (Å²) in [6, 6.07) is 4.19. The maximum Gasteiger partial charge on any atom is 0.136 e. The maximum absolute atomic E-state index is 10.3. The molecule has 1 fully saturated rings. The van der Waals surface area contributed by atoms with Gasteiger partial charge in [0.15, 0.2) is 0 Å². The van der Waals surface area contributed by atoms with Gasteiger partial charge in [0.2, 0.25) is 0 Å². The fourth-order valence-corrected chi connectivity index (χ4v) is 2.65. The van der Waals surface area contributed by atoms with Crippen LogP contribution in [-0.2, 0) is 5.60 Å². The number of aliphatic hydroxyl groups is 1. The van der Waals surface area contributed by atoms with Gasteiger partial charge in [-0.15, -0.1) is 0 Å². The molecule has 1 heterocycles. The minimum atomic E-state index is -0.909. The molecule has 3 atom stereocenters. The molecule has 0 aliphatic heterocycles. The molecule has 0 amide bonds. The van der Waals surface area contributed by atoms with Crippen molar-refractivity contribution in [3.8, 4) is 0 Å². The van der Waals surface area contributed by atoms with Crippen molar-refractivity contribution in [1.29, 1.82) is 0 Å². The lowest BCUT2D eigenvalue weighted by molar-refractivity contribution is 0.0316. The molecule has 17 heavy (non-hydrogen) atoms. The molecule has 2 rings (SSSR count). The summed E-state index contributed by atoms with van der Waals surface area (Å²) in [4.78, 5) is 0. The molecule has 1 aromatic heterocycles. The van der Waals surface area contributed by atoms with Crippen molar-refractivity contribution in [2.75, 3.05) is 6.54 Å². The number of furan rings is 1. The molecule has 3 unspecified atom stereocenters. The smallest absolute Gasteiger partial charge is 0.136 e. The Morgan fingerprint density at radius 1 is 1.53 bits per heavy atom. The molecule has 1 saturated carbocycles. The van der Waals surface area contributed by atoms with Gasteiger partial charge in [-0.1, -0.05) is 13.3 Å². The highest BCUT2D eigenvalue weighted by Crippen LogP contribution is 2.28. The van der Waals surface area contributed by atoms with Crippen molar-refractivity contribution in [2.24, 2.45) is 5.92 Å². The van der Waals surface area contributed by atoms with Gasteiger partial charge in [-0.3, -0.25) is 0 Å². The Morgan fingerprint density at radius 3 is 2.94 bits per heavy atom. The summed E-state index contributed by atoms with van der Waals surface area (Å²) in [5, 5.41) is 13.8. The van der Waals surface area contributed by atoms with Crippen LogP contribution in [0.2, 0.25) is 0 Å². The number of rotatable bonds is 5. The molecule has 3 heteroatoms. The van der Waals surface area contributed by atoms with Crippen LogP contribution in [0, 0.1) is 5.92 Å². The quantitative estimate of drug-likeness (QED) is 0.827. The first-order valence-corrected chi connectivity index (χ1v) is 6.61. The van der Waals surface area contributed by atoms with Crippen molar-refractivity contribution < 1.29 is 9.52 Å². The van der Waals surface area contributed by atoms with Crippen molar-refractivity contribution in [2.45, 2.75) is 51.2 Å². The van der Waals surface area contributed by atoms with E-state index in [1.165, 1.54) is 25.7 Å². The van der Waals surface area contributed by atoms with Crippen LogP contribution >= 0.6 is 0 Å². The number of hydrogen-bond donors (Lipinski definition) is 2. The van der Waals surface area contributed by atoms with Gasteiger partial charge >= 0.3 is 0 Å². The Balaban J connectivity index is 1.82. The van der Waals surface area contributed by atoms with Crippen LogP contribution in [0.25, 0.3) is 0 Å². The van der Waals surface area contributed by atoms with Crippen molar-refractivity contribution in [3.63, 3.8) is 0 Å². The van der Waals surface area contributed by atoms with Gasteiger partial charge < -0.3 is 14.8 Å². The summed E-state index contributed by atoms with van der Waals surface area (Å²) >= 11 is 0. The molecule has 0 radical (unpaired) electrons. The van der Waals surface area contributed by atoms with E-state index in [2.05, 4.69) is 12.2 Å². The van der Waals surface area contributed by atoms with Crippen LogP contribution in [0.1, 0.15) is 45.3 Å². The van der Waals surface area contributed by atoms with Crippen LogP contribution in [0.15, 0.2) is 22.8 Å². The average Bonchev–Trinajstić information content (AvgIpc) is 2.98. The van der Waals surface area contributed by atoms with Crippen LogP contribution in [0.4, 0.5) is 0 Å². The predicted molar refractivity (Wildman–Crippen MR) is 67.7 cm³/mol. The van der Waals surface area contributed by atoms with E-state index in [1.807, 2.05) is 12.1 Å². The van der Waals surface area contributed by atoms with Crippen LogP contribution in [-0.4, -0.2) is 17.7 Å². The summed E-state index contributed by atoms with van der Waals surface area (Å²) in [5.74, 6) is 1.50. The molecule has 1 aromatic rings. The molecular weight excluding hydrogens is 214 g/mol. The van der Waals surface area contributed by atoms with E-state index in [4.69, 9.17) is 4.42 Å². The summed E-state index contributed by atoms with van der Waals surface area (Å²) in [7, 11) is 0. The summed E-state index contributed by atoms with van der Waals surface area (Å²) < 4.78 is 5.27. The Morgan fingerprint density at radius 2 is 2.35 bits per heavy atom. The van der Waals surface area contributed by atoms with Crippen molar-refractivity contribution in [3.05, 3.63) is 24.2 Å². The maximum atomic E-state index is 10.3. The first kappa shape index (κ1) is 12.7. The van der Waals surface area contributed by atoms with E-state index in [-0.39, 0.29) is 0 Å². The van der Waals surface area contributed by atoms with E-state index in [0.29, 0.717) is 18.3 Å². The van der Waals surface area contributed by atoms with E-state index >= 15 is 0 Å². The fourth-order valence-electron chi connectivity index (χ4n) is 2.65. The highest BCUT2D eigenvalue weighted by Gasteiger charge is 2.29. The second-order valence-electron chi connectivity index (χ2n) is 5.42. The topological polar surface area (TPSA) is 45.4 Å². The fraction of sp³-hybridized carbons (Fsp3) is 0.714. The third-order valence-electron chi connectivity index (χ3n) is 3.91. The monoisotopic (exact) mass is 237 g/mol. The molecule has 0 aromatic carbocycles. The van der Waals surface area contributed by atoms with Gasteiger partial charge in [-0.25, -0.2) is 0 Å². The largest absolute Gasteiger partial charge is 0.466 e. The molecule has 0 saturated heterocycles. The van der Waals surface area contributed by atoms with E-state index < -0.39 is 5.60 Å². The summed E-state index contributed by atoms with van der Waals surface area (Å²) in [5.41, 5.74) is -0.909. The lowest BCUT2D eigenvalue weighted by Gasteiger charge is -2.24. The summed E-state index contributed by atoms with van der Waals surface area (Å²) in [6.45, 7) is 4.61. The zero-order valence-corrected chi connectivity index (χ0v) is 10.8. The van der Waals surface area contributed by atoms with Crippen molar-refractivity contribution in [1.82, 2.24) is 5.32 Å². The SMILES string of the molecule is CCC1CCC(NCC(C)(O)c2ccco2)C1. The Hall–Kier alpha value is -0.800. The molecule has 0 spiro atoms. The lowest BCUT2D eigenvalue weighted by atomic mass is 10.0. The molecule has 3 nitrogen and oxygen atoms in total. The van der Waals surface area contributed by atoms with Crippen LogP contribution in [0.5, 0.6) is 0 Å². The molecular formula is C14H23NO2. The highest BCUT2D eigenvalue weighted by atomic mass is 16.4. The first-order valence-electron chi connectivity index (χ1n) is 6.61. The van der Waals surface area contributed by atoms with Gasteiger partial charge in [0.1, 0.15) is 11.4 Å². The zero-order chi connectivity index (χ0) is 12.3. The Kier molecular flexibility index (Phi) is 3.89. The normalized spacial score (nSPS) is 28.2. The molecule has 2 N–H and O–H groups in total. The second kappa shape index (κ2) is 5.23. The standard InChI is InChI=1S/C14H23NO2/c1-3-11-6-7-12(9-11)15-10-14(2,16)13-5-4-8-17-13/h4-5,8,11-12,15-16H,3,6-7,9-10H2,1-2H3. The number of hydrogen-bond acceptors (Lipinski definition) is 3. The molecule has 1 aliphatic carbocycles. The van der Waals surface area contributed by atoms with Crippen LogP contribution in [0.3, 0.4) is 0 Å². The predicted octanol–water partition coefficient (Wildman–Crippen LogP) is 2.66. The minimum absolute atomic E-state index is 0.557. The third-order valence-corrected chi connectivity index (χ3v) is 3.91.